The van der Waals surface area contributed by atoms with E-state index in [1.165, 1.54) is 5.56 Å². The Morgan fingerprint density at radius 3 is 2.63 bits per heavy atom. The smallest absolute Gasteiger partial charge is 0.0595 e. The molecule has 2 atom stereocenters. The maximum atomic E-state index is 6.17. The third-order valence-corrected chi connectivity index (χ3v) is 4.66. The Hall–Kier alpha value is -0.280. The fourth-order valence-electron chi connectivity index (χ4n) is 2.78. The highest BCUT2D eigenvalue weighted by molar-refractivity contribution is 6.42. The van der Waals surface area contributed by atoms with Crippen LogP contribution in [0.15, 0.2) is 18.2 Å². The Morgan fingerprint density at radius 1 is 1.26 bits per heavy atom. The summed E-state index contributed by atoms with van der Waals surface area (Å²) in [6.45, 7) is 7.53. The average molecular weight is 301 g/mol. The molecule has 0 spiro atoms. The van der Waals surface area contributed by atoms with E-state index in [0.29, 0.717) is 21.9 Å². The lowest BCUT2D eigenvalue weighted by Gasteiger charge is -2.38. The lowest BCUT2D eigenvalue weighted by molar-refractivity contribution is 0.123. The zero-order valence-corrected chi connectivity index (χ0v) is 13.1. The van der Waals surface area contributed by atoms with Gasteiger partial charge in [0.2, 0.25) is 0 Å². The Kier molecular flexibility index (Phi) is 5.13. The van der Waals surface area contributed by atoms with Crippen LogP contribution in [0.3, 0.4) is 0 Å². The molecule has 0 aromatic heterocycles. The molecule has 0 radical (unpaired) electrons. The van der Waals surface area contributed by atoms with Gasteiger partial charge in [0.05, 0.1) is 10.0 Å². The van der Waals surface area contributed by atoms with Crippen LogP contribution in [-0.2, 0) is 6.54 Å². The maximum Gasteiger partial charge on any atom is 0.0595 e. The van der Waals surface area contributed by atoms with Gasteiger partial charge in [-0.1, -0.05) is 43.1 Å². The summed E-state index contributed by atoms with van der Waals surface area (Å²) in [5, 5.41) is 1.24. The summed E-state index contributed by atoms with van der Waals surface area (Å²) in [4.78, 5) is 2.43. The highest BCUT2D eigenvalue weighted by Gasteiger charge is 2.26. The molecule has 2 N–H and O–H groups in total. The molecular weight excluding hydrogens is 279 g/mol. The van der Waals surface area contributed by atoms with Crippen LogP contribution in [0.4, 0.5) is 0 Å². The molecule has 1 saturated heterocycles. The first-order valence-electron chi connectivity index (χ1n) is 6.87. The summed E-state index contributed by atoms with van der Waals surface area (Å²) in [6.07, 6.45) is 1.13. The van der Waals surface area contributed by atoms with Gasteiger partial charge in [-0.15, -0.1) is 0 Å². The quantitative estimate of drug-likeness (QED) is 0.920. The minimum absolute atomic E-state index is 0.281. The molecule has 1 fully saturated rings. The fourth-order valence-corrected chi connectivity index (χ4v) is 3.10. The maximum absolute atomic E-state index is 6.17. The minimum atomic E-state index is 0.281. The second kappa shape index (κ2) is 6.45. The molecule has 0 bridgehead atoms. The van der Waals surface area contributed by atoms with Crippen LogP contribution in [0.25, 0.3) is 0 Å². The van der Waals surface area contributed by atoms with Crippen LogP contribution in [0.1, 0.15) is 25.8 Å². The normalized spacial score (nSPS) is 24.9. The van der Waals surface area contributed by atoms with Crippen molar-refractivity contribution in [1.29, 1.82) is 0 Å². The lowest BCUT2D eigenvalue weighted by atomic mass is 9.85. The van der Waals surface area contributed by atoms with Crippen molar-refractivity contribution in [3.05, 3.63) is 33.8 Å². The molecule has 0 amide bonds. The topological polar surface area (TPSA) is 29.3 Å². The summed E-state index contributed by atoms with van der Waals surface area (Å²) in [5.74, 6) is 1.37. The molecule has 2 unspecified atom stereocenters. The van der Waals surface area contributed by atoms with Gasteiger partial charge in [0, 0.05) is 25.7 Å². The molecule has 1 aromatic rings. The van der Waals surface area contributed by atoms with Crippen molar-refractivity contribution in [1.82, 2.24) is 4.90 Å². The summed E-state index contributed by atoms with van der Waals surface area (Å²) in [5.41, 5.74) is 7.37. The van der Waals surface area contributed by atoms with Crippen molar-refractivity contribution in [2.24, 2.45) is 17.6 Å². The Labute approximate surface area is 125 Å². The van der Waals surface area contributed by atoms with E-state index in [1.807, 2.05) is 18.2 Å². The van der Waals surface area contributed by atoms with Crippen molar-refractivity contribution < 1.29 is 0 Å². The van der Waals surface area contributed by atoms with Gasteiger partial charge in [-0.05, 0) is 36.0 Å². The van der Waals surface area contributed by atoms with Crippen molar-refractivity contribution in [3.8, 4) is 0 Å². The van der Waals surface area contributed by atoms with E-state index in [4.69, 9.17) is 28.9 Å². The molecule has 2 nitrogen and oxygen atoms in total. The largest absolute Gasteiger partial charge is 0.327 e. The van der Waals surface area contributed by atoms with Gasteiger partial charge in [0.1, 0.15) is 0 Å². The fraction of sp³-hybridized carbons (Fsp3) is 0.600. The molecule has 19 heavy (non-hydrogen) atoms. The van der Waals surface area contributed by atoms with Gasteiger partial charge < -0.3 is 5.73 Å². The van der Waals surface area contributed by atoms with E-state index in [9.17, 15) is 0 Å². The highest BCUT2D eigenvalue weighted by atomic mass is 35.5. The predicted molar refractivity (Wildman–Crippen MR) is 82.7 cm³/mol. The van der Waals surface area contributed by atoms with Crippen LogP contribution in [0, 0.1) is 11.8 Å². The van der Waals surface area contributed by atoms with Crippen LogP contribution in [0.5, 0.6) is 0 Å². The Bertz CT molecular complexity index is 434. The van der Waals surface area contributed by atoms with Gasteiger partial charge >= 0.3 is 0 Å². The van der Waals surface area contributed by atoms with Crippen molar-refractivity contribution in [2.75, 3.05) is 13.1 Å². The minimum Gasteiger partial charge on any atom is -0.327 e. The van der Waals surface area contributed by atoms with Crippen molar-refractivity contribution in [2.45, 2.75) is 32.9 Å². The number of nitrogens with two attached hydrogens (primary N) is 1. The summed E-state index contributed by atoms with van der Waals surface area (Å²) in [6, 6.07) is 6.14. The zero-order chi connectivity index (χ0) is 14.0. The number of piperidine rings is 1. The van der Waals surface area contributed by atoms with Crippen molar-refractivity contribution >= 4 is 23.2 Å². The van der Waals surface area contributed by atoms with Gasteiger partial charge in [0.25, 0.3) is 0 Å². The third kappa shape index (κ3) is 4.09. The third-order valence-electron chi connectivity index (χ3n) is 3.92. The number of benzene rings is 1. The molecule has 1 heterocycles. The van der Waals surface area contributed by atoms with E-state index in [-0.39, 0.29) is 6.04 Å². The SMILES string of the molecule is CC(C)C1CC(N)CN(Cc2ccc(Cl)c(Cl)c2)C1. The molecule has 0 saturated carbocycles. The first kappa shape index (κ1) is 15.1. The average Bonchev–Trinajstić information content (AvgIpc) is 2.33. The van der Waals surface area contributed by atoms with Gasteiger partial charge in [-0.25, -0.2) is 0 Å². The molecule has 2 rings (SSSR count). The number of rotatable bonds is 3. The molecule has 106 valence electrons. The van der Waals surface area contributed by atoms with E-state index in [2.05, 4.69) is 18.7 Å². The summed E-state index contributed by atoms with van der Waals surface area (Å²) < 4.78 is 0. The molecule has 0 aliphatic carbocycles. The standard InChI is InChI=1S/C15H22Cl2N2/c1-10(2)12-6-13(18)9-19(8-12)7-11-3-4-14(16)15(17)5-11/h3-5,10,12-13H,6-9,18H2,1-2H3. The number of halogens is 2. The summed E-state index contributed by atoms with van der Waals surface area (Å²) >= 11 is 12.0. The van der Waals surface area contributed by atoms with Crippen LogP contribution in [0.2, 0.25) is 10.0 Å². The monoisotopic (exact) mass is 300 g/mol. The second-order valence-electron chi connectivity index (χ2n) is 5.94. The number of likely N-dealkylation sites (tertiary alicyclic amines) is 1. The summed E-state index contributed by atoms with van der Waals surface area (Å²) in [7, 11) is 0. The van der Waals surface area contributed by atoms with E-state index in [1.54, 1.807) is 0 Å². The van der Waals surface area contributed by atoms with Gasteiger partial charge in [-0.3, -0.25) is 4.90 Å². The van der Waals surface area contributed by atoms with E-state index in [0.717, 1.165) is 26.1 Å². The van der Waals surface area contributed by atoms with E-state index < -0.39 is 0 Å². The molecule has 1 aromatic carbocycles. The lowest BCUT2D eigenvalue weighted by Crippen LogP contribution is -2.47. The highest BCUT2D eigenvalue weighted by Crippen LogP contribution is 2.26. The van der Waals surface area contributed by atoms with Crippen molar-refractivity contribution in [3.63, 3.8) is 0 Å². The Morgan fingerprint density at radius 2 is 2.00 bits per heavy atom. The van der Waals surface area contributed by atoms with Gasteiger partial charge in [0.15, 0.2) is 0 Å². The van der Waals surface area contributed by atoms with E-state index >= 15 is 0 Å². The molecule has 1 aliphatic rings. The first-order valence-corrected chi connectivity index (χ1v) is 7.63. The van der Waals surface area contributed by atoms with Crippen LogP contribution in [-0.4, -0.2) is 24.0 Å². The number of hydrogen-bond donors (Lipinski definition) is 1. The first-order chi connectivity index (χ1) is 8.95. The predicted octanol–water partition coefficient (Wildman–Crippen LogP) is 3.80. The number of hydrogen-bond acceptors (Lipinski definition) is 2. The zero-order valence-electron chi connectivity index (χ0n) is 11.6. The Balaban J connectivity index is 2.03. The second-order valence-corrected chi connectivity index (χ2v) is 6.76. The molecule has 1 aliphatic heterocycles. The van der Waals surface area contributed by atoms with Gasteiger partial charge in [-0.2, -0.15) is 0 Å². The van der Waals surface area contributed by atoms with Crippen LogP contribution >= 0.6 is 23.2 Å². The molecular formula is C15H22Cl2N2. The number of nitrogens with zero attached hydrogens (tertiary/aromatic N) is 1. The molecule has 4 heteroatoms. The van der Waals surface area contributed by atoms with Crippen LogP contribution < -0.4 is 5.73 Å².